The molecule has 120 valence electrons. The van der Waals surface area contributed by atoms with Crippen molar-refractivity contribution < 1.29 is 18.7 Å². The van der Waals surface area contributed by atoms with Gasteiger partial charge in [0.15, 0.2) is 0 Å². The Labute approximate surface area is 135 Å². The largest absolute Gasteiger partial charge is 0.423 e. The molecule has 2 N–H and O–H groups in total. The number of hydrogen-bond acceptors (Lipinski definition) is 4. The lowest BCUT2D eigenvalue weighted by Crippen LogP contribution is -2.19. The van der Waals surface area contributed by atoms with Gasteiger partial charge in [0, 0.05) is 18.2 Å². The minimum absolute atomic E-state index is 0.0352. The van der Waals surface area contributed by atoms with Crippen molar-refractivity contribution in [1.82, 2.24) is 9.97 Å². The van der Waals surface area contributed by atoms with Crippen molar-refractivity contribution in [3.05, 3.63) is 53.6 Å². The summed E-state index contributed by atoms with van der Waals surface area (Å²) in [5.74, 6) is -1.08. The average Bonchev–Trinajstić information content (AvgIpc) is 3.01. The summed E-state index contributed by atoms with van der Waals surface area (Å²) in [6.45, 7) is 0. The van der Waals surface area contributed by atoms with Gasteiger partial charge in [0.05, 0.1) is 17.4 Å². The van der Waals surface area contributed by atoms with Crippen LogP contribution in [0.3, 0.4) is 0 Å². The van der Waals surface area contributed by atoms with Crippen molar-refractivity contribution in [2.24, 2.45) is 0 Å². The molecule has 0 atom stereocenters. The molecule has 1 aliphatic heterocycles. The van der Waals surface area contributed by atoms with Gasteiger partial charge in [-0.15, -0.1) is 0 Å². The number of amides is 1. The van der Waals surface area contributed by atoms with Crippen LogP contribution in [0.4, 0.5) is 10.1 Å². The van der Waals surface area contributed by atoms with Gasteiger partial charge in [0.2, 0.25) is 5.91 Å². The van der Waals surface area contributed by atoms with Crippen molar-refractivity contribution in [3.63, 3.8) is 0 Å². The van der Waals surface area contributed by atoms with Gasteiger partial charge >= 0.3 is 5.97 Å². The molecule has 2 heterocycles. The van der Waals surface area contributed by atoms with Gasteiger partial charge in [0.25, 0.3) is 0 Å². The minimum atomic E-state index is -0.714. The van der Waals surface area contributed by atoms with E-state index in [4.69, 9.17) is 4.74 Å². The van der Waals surface area contributed by atoms with Crippen LogP contribution in [0.1, 0.15) is 22.3 Å². The normalized spacial score (nSPS) is 13.5. The first-order valence-electron chi connectivity index (χ1n) is 7.38. The number of carbonyl (C=O) groups excluding carboxylic acids is 2. The maximum Gasteiger partial charge on any atom is 0.345 e. The maximum atomic E-state index is 13.6. The number of fused-ring (bicyclic) bond motifs is 2. The van der Waals surface area contributed by atoms with Crippen LogP contribution in [0.15, 0.2) is 36.7 Å². The molecule has 0 saturated heterocycles. The number of aromatic amines is 1. The Hall–Kier alpha value is -3.22. The lowest BCUT2D eigenvalue weighted by molar-refractivity contribution is -0.116. The van der Waals surface area contributed by atoms with E-state index in [-0.39, 0.29) is 17.2 Å². The molecule has 0 radical (unpaired) electrons. The number of aromatic nitrogens is 2. The Morgan fingerprint density at radius 2 is 2.08 bits per heavy atom. The van der Waals surface area contributed by atoms with E-state index < -0.39 is 11.8 Å². The van der Waals surface area contributed by atoms with Gasteiger partial charge in [-0.2, -0.15) is 0 Å². The third-order valence-corrected chi connectivity index (χ3v) is 3.90. The third-order valence-electron chi connectivity index (χ3n) is 3.90. The van der Waals surface area contributed by atoms with Crippen molar-refractivity contribution >= 4 is 28.6 Å². The van der Waals surface area contributed by atoms with Crippen molar-refractivity contribution in [2.75, 3.05) is 5.32 Å². The smallest absolute Gasteiger partial charge is 0.345 e. The summed E-state index contributed by atoms with van der Waals surface area (Å²) in [5, 5.41) is 2.74. The van der Waals surface area contributed by atoms with Crippen LogP contribution >= 0.6 is 0 Å². The van der Waals surface area contributed by atoms with Crippen molar-refractivity contribution in [3.8, 4) is 5.75 Å². The first kappa shape index (κ1) is 14.4. The molecule has 0 saturated carbocycles. The van der Waals surface area contributed by atoms with Crippen molar-refractivity contribution in [1.29, 1.82) is 0 Å². The molecule has 24 heavy (non-hydrogen) atoms. The monoisotopic (exact) mass is 325 g/mol. The number of H-pyrrole nitrogens is 1. The fourth-order valence-corrected chi connectivity index (χ4v) is 2.75. The van der Waals surface area contributed by atoms with Gasteiger partial charge in [-0.1, -0.05) is 6.07 Å². The number of carbonyl (C=O) groups is 2. The standard InChI is InChI=1S/C17H12FN3O3/c18-10-5-12(16-14(6-10)19-8-20-16)17(23)24-11-3-1-9-2-4-15(22)21-13(9)7-11/h1,3,5-8H,2,4H2,(H,19,20)(H,21,22). The van der Waals surface area contributed by atoms with E-state index in [9.17, 15) is 14.0 Å². The molecule has 1 aliphatic rings. The summed E-state index contributed by atoms with van der Waals surface area (Å²) in [6, 6.07) is 7.38. The third kappa shape index (κ3) is 2.50. The summed E-state index contributed by atoms with van der Waals surface area (Å²) in [6.07, 6.45) is 2.47. The molecule has 0 bridgehead atoms. The highest BCUT2D eigenvalue weighted by Gasteiger charge is 2.19. The zero-order valence-electron chi connectivity index (χ0n) is 12.4. The predicted octanol–water partition coefficient (Wildman–Crippen LogP) is 2.81. The number of imidazole rings is 1. The Balaban J connectivity index is 1.65. The van der Waals surface area contributed by atoms with E-state index in [1.54, 1.807) is 18.2 Å². The first-order chi connectivity index (χ1) is 11.6. The zero-order valence-corrected chi connectivity index (χ0v) is 12.4. The van der Waals surface area contributed by atoms with Gasteiger partial charge in [-0.05, 0) is 30.2 Å². The lowest BCUT2D eigenvalue weighted by atomic mass is 10.0. The molecule has 1 amide bonds. The van der Waals surface area contributed by atoms with Crippen molar-refractivity contribution in [2.45, 2.75) is 12.8 Å². The van der Waals surface area contributed by atoms with Crippen LogP contribution in [-0.2, 0) is 11.2 Å². The number of halogens is 1. The summed E-state index contributed by atoms with van der Waals surface area (Å²) in [4.78, 5) is 30.6. The number of benzene rings is 2. The summed E-state index contributed by atoms with van der Waals surface area (Å²) in [7, 11) is 0. The Kier molecular flexibility index (Phi) is 3.26. The van der Waals surface area contributed by atoms with Gasteiger partial charge in [-0.25, -0.2) is 14.2 Å². The first-order valence-corrected chi connectivity index (χ1v) is 7.38. The number of esters is 1. The molecule has 2 aromatic carbocycles. The second-order valence-corrected chi connectivity index (χ2v) is 5.51. The van der Waals surface area contributed by atoms with E-state index in [0.717, 1.165) is 11.6 Å². The number of aryl methyl sites for hydroxylation is 1. The molecule has 0 spiro atoms. The second-order valence-electron chi connectivity index (χ2n) is 5.51. The van der Waals surface area contributed by atoms with Crippen LogP contribution in [0.2, 0.25) is 0 Å². The minimum Gasteiger partial charge on any atom is -0.423 e. The number of hydrogen-bond donors (Lipinski definition) is 2. The van der Waals surface area contributed by atoms with Crippen LogP contribution in [0.5, 0.6) is 5.75 Å². The molecule has 3 aromatic rings. The molecule has 7 heteroatoms. The zero-order chi connectivity index (χ0) is 16.7. The Bertz CT molecular complexity index is 980. The number of nitrogens with one attached hydrogen (secondary N) is 2. The van der Waals surface area contributed by atoms with Crippen LogP contribution < -0.4 is 10.1 Å². The summed E-state index contributed by atoms with van der Waals surface area (Å²) in [5.41, 5.74) is 2.40. The van der Waals surface area contributed by atoms with E-state index >= 15 is 0 Å². The molecule has 0 unspecified atom stereocenters. The number of anilines is 1. The molecule has 0 fully saturated rings. The van der Waals surface area contributed by atoms with Crippen LogP contribution in [0.25, 0.3) is 11.0 Å². The number of ether oxygens (including phenoxy) is 1. The maximum absolute atomic E-state index is 13.6. The topological polar surface area (TPSA) is 84.1 Å². The quantitative estimate of drug-likeness (QED) is 0.560. The average molecular weight is 325 g/mol. The van der Waals surface area contributed by atoms with Gasteiger partial charge < -0.3 is 15.0 Å². The van der Waals surface area contributed by atoms with Gasteiger partial charge in [0.1, 0.15) is 17.1 Å². The molecule has 1 aromatic heterocycles. The van der Waals surface area contributed by atoms with E-state index in [1.165, 1.54) is 12.4 Å². The van der Waals surface area contributed by atoms with Crippen LogP contribution in [-0.4, -0.2) is 21.8 Å². The van der Waals surface area contributed by atoms with E-state index in [0.29, 0.717) is 29.6 Å². The highest BCUT2D eigenvalue weighted by Crippen LogP contribution is 2.28. The summed E-state index contributed by atoms with van der Waals surface area (Å²) < 4.78 is 19.0. The molecule has 4 rings (SSSR count). The van der Waals surface area contributed by atoms with Crippen LogP contribution in [0, 0.1) is 5.82 Å². The van der Waals surface area contributed by atoms with E-state index in [1.807, 2.05) is 0 Å². The predicted molar refractivity (Wildman–Crippen MR) is 84.4 cm³/mol. The van der Waals surface area contributed by atoms with Gasteiger partial charge in [-0.3, -0.25) is 4.79 Å². The Morgan fingerprint density at radius 3 is 2.96 bits per heavy atom. The lowest BCUT2D eigenvalue weighted by Gasteiger charge is -2.17. The summed E-state index contributed by atoms with van der Waals surface area (Å²) >= 11 is 0. The second kappa shape index (κ2) is 5.45. The SMILES string of the molecule is O=C1CCc2ccc(OC(=O)c3cc(F)cc4[nH]cnc34)cc2N1. The fraction of sp³-hybridized carbons (Fsp3) is 0.118. The number of rotatable bonds is 2. The Morgan fingerprint density at radius 1 is 1.21 bits per heavy atom. The molecular weight excluding hydrogens is 313 g/mol. The van der Waals surface area contributed by atoms with E-state index in [2.05, 4.69) is 15.3 Å². The highest BCUT2D eigenvalue weighted by atomic mass is 19.1. The highest BCUT2D eigenvalue weighted by molar-refractivity contribution is 6.03. The number of nitrogens with zero attached hydrogens (tertiary/aromatic N) is 1. The molecular formula is C17H12FN3O3. The molecule has 6 nitrogen and oxygen atoms in total. The fourth-order valence-electron chi connectivity index (χ4n) is 2.75. The molecule has 0 aliphatic carbocycles.